The van der Waals surface area contributed by atoms with E-state index < -0.39 is 0 Å². The second-order valence-electron chi connectivity index (χ2n) is 7.24. The Hall–Kier alpha value is -2.41. The minimum absolute atomic E-state index is 0.300. The number of benzene rings is 2. The van der Waals surface area contributed by atoms with Gasteiger partial charge in [0.2, 0.25) is 0 Å². The minimum Gasteiger partial charge on any atom is -0.256 e. The van der Waals surface area contributed by atoms with Crippen molar-refractivity contribution in [2.24, 2.45) is 5.41 Å². The summed E-state index contributed by atoms with van der Waals surface area (Å²) in [5.41, 5.74) is 6.25. The van der Waals surface area contributed by atoms with Gasteiger partial charge in [0.25, 0.3) is 0 Å². The molecule has 0 spiro atoms. The van der Waals surface area contributed by atoms with Crippen molar-refractivity contribution in [1.29, 1.82) is 0 Å². The summed E-state index contributed by atoms with van der Waals surface area (Å²) in [6, 6.07) is 23.3. The summed E-state index contributed by atoms with van der Waals surface area (Å²) in [5, 5.41) is 0. The molecule has 3 rings (SSSR count). The quantitative estimate of drug-likeness (QED) is 0.577. The van der Waals surface area contributed by atoms with Crippen LogP contribution in [0.2, 0.25) is 0 Å². The first-order valence-corrected chi connectivity index (χ1v) is 8.12. The summed E-state index contributed by atoms with van der Waals surface area (Å²) >= 11 is 0. The number of aromatic nitrogens is 1. The van der Waals surface area contributed by atoms with Gasteiger partial charge in [0.1, 0.15) is 0 Å². The first kappa shape index (κ1) is 15.5. The molecular weight excluding hydrogens is 278 g/mol. The highest BCUT2D eigenvalue weighted by molar-refractivity contribution is 5.67. The van der Waals surface area contributed by atoms with E-state index in [2.05, 4.69) is 74.3 Å². The van der Waals surface area contributed by atoms with Crippen molar-refractivity contribution in [1.82, 2.24) is 4.98 Å². The van der Waals surface area contributed by atoms with Crippen molar-refractivity contribution in [3.05, 3.63) is 78.5 Å². The number of pyridine rings is 1. The van der Waals surface area contributed by atoms with Crippen LogP contribution in [0.5, 0.6) is 0 Å². The zero-order valence-electron chi connectivity index (χ0n) is 14.1. The fourth-order valence-corrected chi connectivity index (χ4v) is 2.82. The summed E-state index contributed by atoms with van der Waals surface area (Å²) in [6.07, 6.45) is 3.05. The molecule has 1 heterocycles. The molecule has 0 unspecified atom stereocenters. The average molecular weight is 301 g/mol. The smallest absolute Gasteiger partial charge is 0.0702 e. The molecule has 1 heteroatoms. The lowest BCUT2D eigenvalue weighted by molar-refractivity contribution is 0.411. The summed E-state index contributed by atoms with van der Waals surface area (Å²) < 4.78 is 0. The molecule has 0 N–H and O–H groups in total. The van der Waals surface area contributed by atoms with Crippen LogP contribution in [0.3, 0.4) is 0 Å². The van der Waals surface area contributed by atoms with Crippen LogP contribution in [0.1, 0.15) is 26.3 Å². The minimum atomic E-state index is 0.300. The average Bonchev–Trinajstić information content (AvgIpc) is 2.55. The van der Waals surface area contributed by atoms with Gasteiger partial charge in [0.15, 0.2) is 0 Å². The first-order chi connectivity index (χ1) is 11.0. The number of hydrogen-bond donors (Lipinski definition) is 0. The first-order valence-electron chi connectivity index (χ1n) is 8.12. The Bertz CT molecular complexity index is 765. The highest BCUT2D eigenvalue weighted by atomic mass is 14.7. The van der Waals surface area contributed by atoms with E-state index in [1.807, 2.05) is 24.4 Å². The van der Waals surface area contributed by atoms with Gasteiger partial charge in [0, 0.05) is 17.3 Å². The molecule has 0 fully saturated rings. The molecule has 1 aromatic heterocycles. The Morgan fingerprint density at radius 2 is 1.48 bits per heavy atom. The largest absolute Gasteiger partial charge is 0.256 e. The Kier molecular flexibility index (Phi) is 4.29. The van der Waals surface area contributed by atoms with Crippen LogP contribution < -0.4 is 0 Å². The van der Waals surface area contributed by atoms with E-state index in [1.165, 1.54) is 16.7 Å². The predicted molar refractivity (Wildman–Crippen MR) is 98.3 cm³/mol. The van der Waals surface area contributed by atoms with E-state index in [9.17, 15) is 0 Å². The predicted octanol–water partition coefficient (Wildman–Crippen LogP) is 6.00. The molecule has 0 aliphatic heterocycles. The number of nitrogens with zero attached hydrogens (tertiary/aromatic N) is 1. The Balaban J connectivity index is 1.86. The van der Waals surface area contributed by atoms with E-state index in [4.69, 9.17) is 0 Å². The van der Waals surface area contributed by atoms with Crippen LogP contribution in [-0.4, -0.2) is 4.98 Å². The van der Waals surface area contributed by atoms with Gasteiger partial charge in [-0.05, 0) is 29.0 Å². The lowest BCUT2D eigenvalue weighted by atomic mass is 9.87. The van der Waals surface area contributed by atoms with Gasteiger partial charge in [0.05, 0.1) is 5.69 Å². The van der Waals surface area contributed by atoms with Crippen LogP contribution in [-0.2, 0) is 6.42 Å². The van der Waals surface area contributed by atoms with Crippen LogP contribution in [0.25, 0.3) is 22.4 Å². The van der Waals surface area contributed by atoms with Crippen molar-refractivity contribution in [2.75, 3.05) is 0 Å². The maximum absolute atomic E-state index is 4.63. The molecule has 0 saturated carbocycles. The molecule has 3 aromatic rings. The van der Waals surface area contributed by atoms with Crippen molar-refractivity contribution in [2.45, 2.75) is 27.2 Å². The van der Waals surface area contributed by atoms with Crippen molar-refractivity contribution in [3.63, 3.8) is 0 Å². The van der Waals surface area contributed by atoms with E-state index >= 15 is 0 Å². The molecule has 116 valence electrons. The van der Waals surface area contributed by atoms with Crippen LogP contribution in [0, 0.1) is 5.41 Å². The maximum atomic E-state index is 4.63. The highest BCUT2D eigenvalue weighted by Gasteiger charge is 2.11. The van der Waals surface area contributed by atoms with Crippen molar-refractivity contribution < 1.29 is 0 Å². The summed E-state index contributed by atoms with van der Waals surface area (Å²) in [7, 11) is 0. The molecule has 0 bridgehead atoms. The SMILES string of the molecule is CC(C)(C)Cc1cccc(-c2ccc(-c3ccccc3)nc2)c1. The second-order valence-corrected chi connectivity index (χ2v) is 7.24. The van der Waals surface area contributed by atoms with Gasteiger partial charge in [-0.2, -0.15) is 0 Å². The monoisotopic (exact) mass is 301 g/mol. The molecule has 0 aliphatic rings. The Labute approximate surface area is 139 Å². The van der Waals surface area contributed by atoms with Gasteiger partial charge in [-0.1, -0.05) is 81.4 Å². The van der Waals surface area contributed by atoms with E-state index in [-0.39, 0.29) is 0 Å². The fraction of sp³-hybridized carbons (Fsp3) is 0.227. The normalized spacial score (nSPS) is 11.4. The summed E-state index contributed by atoms with van der Waals surface area (Å²) in [6.45, 7) is 6.82. The molecule has 0 amide bonds. The molecule has 0 atom stereocenters. The lowest BCUT2D eigenvalue weighted by Gasteiger charge is -2.18. The zero-order chi connectivity index (χ0) is 16.3. The third-order valence-electron chi connectivity index (χ3n) is 3.83. The topological polar surface area (TPSA) is 12.9 Å². The summed E-state index contributed by atoms with van der Waals surface area (Å²) in [5.74, 6) is 0. The Morgan fingerprint density at radius 3 is 2.13 bits per heavy atom. The molecule has 0 radical (unpaired) electrons. The highest BCUT2D eigenvalue weighted by Crippen LogP contribution is 2.26. The lowest BCUT2D eigenvalue weighted by Crippen LogP contribution is -2.08. The van der Waals surface area contributed by atoms with Gasteiger partial charge in [-0.15, -0.1) is 0 Å². The molecule has 1 nitrogen and oxygen atoms in total. The number of hydrogen-bond acceptors (Lipinski definition) is 1. The van der Waals surface area contributed by atoms with Crippen LogP contribution >= 0.6 is 0 Å². The van der Waals surface area contributed by atoms with Crippen LogP contribution in [0.15, 0.2) is 72.9 Å². The third kappa shape index (κ3) is 4.07. The zero-order valence-corrected chi connectivity index (χ0v) is 14.1. The molecule has 0 saturated heterocycles. The van der Waals surface area contributed by atoms with Crippen LogP contribution in [0.4, 0.5) is 0 Å². The molecule has 23 heavy (non-hydrogen) atoms. The second kappa shape index (κ2) is 6.37. The van der Waals surface area contributed by atoms with Gasteiger partial charge in [-0.25, -0.2) is 0 Å². The van der Waals surface area contributed by atoms with Gasteiger partial charge >= 0.3 is 0 Å². The summed E-state index contributed by atoms with van der Waals surface area (Å²) in [4.78, 5) is 4.63. The van der Waals surface area contributed by atoms with Gasteiger partial charge < -0.3 is 0 Å². The van der Waals surface area contributed by atoms with Gasteiger partial charge in [-0.3, -0.25) is 4.98 Å². The van der Waals surface area contributed by atoms with E-state index in [0.717, 1.165) is 17.7 Å². The molecular formula is C22H23N. The van der Waals surface area contributed by atoms with E-state index in [0.29, 0.717) is 5.41 Å². The maximum Gasteiger partial charge on any atom is 0.0702 e. The molecule has 2 aromatic carbocycles. The van der Waals surface area contributed by atoms with Crippen molar-refractivity contribution in [3.8, 4) is 22.4 Å². The van der Waals surface area contributed by atoms with E-state index in [1.54, 1.807) is 0 Å². The molecule has 0 aliphatic carbocycles. The third-order valence-corrected chi connectivity index (χ3v) is 3.83. The standard InChI is InChI=1S/C22H23N/c1-22(2,3)15-17-8-7-11-19(14-17)20-12-13-21(23-16-20)18-9-5-4-6-10-18/h4-14,16H,15H2,1-3H3. The Morgan fingerprint density at radius 1 is 0.739 bits per heavy atom. The fourth-order valence-electron chi connectivity index (χ4n) is 2.82. The number of rotatable bonds is 3. The van der Waals surface area contributed by atoms with Crippen molar-refractivity contribution >= 4 is 0 Å².